The number of hydrogen-bond donors (Lipinski definition) is 1. The lowest BCUT2D eigenvalue weighted by molar-refractivity contribution is 0.229. The molecule has 0 amide bonds. The number of hydrogen-bond acceptors (Lipinski definition) is 7. The van der Waals surface area contributed by atoms with Crippen molar-refractivity contribution in [3.63, 3.8) is 0 Å². The van der Waals surface area contributed by atoms with Crippen molar-refractivity contribution in [2.75, 3.05) is 11.1 Å². The fraction of sp³-hybridized carbons (Fsp3) is 0.278. The number of aromatic nitrogens is 3. The molecule has 1 aliphatic rings. The highest BCUT2D eigenvalue weighted by Gasteiger charge is 2.26. The van der Waals surface area contributed by atoms with Gasteiger partial charge < -0.3 is 10.1 Å². The van der Waals surface area contributed by atoms with E-state index in [1.165, 1.54) is 0 Å². The predicted octanol–water partition coefficient (Wildman–Crippen LogP) is 5.00. The average Bonchev–Trinajstić information content (AvgIpc) is 3.12. The molecule has 0 aliphatic carbocycles. The van der Waals surface area contributed by atoms with Gasteiger partial charge in [0.15, 0.2) is 5.69 Å². The topological polar surface area (TPSA) is 59.9 Å². The van der Waals surface area contributed by atoms with Gasteiger partial charge in [0.05, 0.1) is 4.88 Å². The molecule has 25 heavy (non-hydrogen) atoms. The molecule has 0 radical (unpaired) electrons. The third-order valence-corrected chi connectivity index (χ3v) is 5.70. The van der Waals surface area contributed by atoms with Gasteiger partial charge in [-0.3, -0.25) is 0 Å². The Hall–Kier alpha value is -2.12. The molecule has 1 unspecified atom stereocenters. The summed E-state index contributed by atoms with van der Waals surface area (Å²) in [5.74, 6) is 1.52. The van der Waals surface area contributed by atoms with Crippen molar-refractivity contribution < 1.29 is 4.74 Å². The van der Waals surface area contributed by atoms with Crippen molar-refractivity contribution in [2.45, 2.75) is 31.1 Å². The van der Waals surface area contributed by atoms with E-state index in [-0.39, 0.29) is 6.23 Å². The lowest BCUT2D eigenvalue weighted by atomic mass is 10.1. The van der Waals surface area contributed by atoms with Gasteiger partial charge in [0.25, 0.3) is 0 Å². The van der Waals surface area contributed by atoms with Gasteiger partial charge in [-0.2, -0.15) is 4.98 Å². The molecule has 3 heterocycles. The summed E-state index contributed by atoms with van der Waals surface area (Å²) in [4.78, 5) is 5.73. The first-order valence-corrected chi connectivity index (χ1v) is 10.1. The number of anilines is 1. The van der Waals surface area contributed by atoms with E-state index in [9.17, 15) is 0 Å². The highest BCUT2D eigenvalue weighted by atomic mass is 32.2. The van der Waals surface area contributed by atoms with Crippen LogP contribution in [0.1, 0.15) is 30.9 Å². The number of benzene rings is 1. The fourth-order valence-electron chi connectivity index (χ4n) is 2.59. The van der Waals surface area contributed by atoms with Crippen LogP contribution in [0.15, 0.2) is 46.9 Å². The van der Waals surface area contributed by atoms with Gasteiger partial charge >= 0.3 is 0 Å². The molecule has 0 bridgehead atoms. The predicted molar refractivity (Wildman–Crippen MR) is 102 cm³/mol. The Morgan fingerprint density at radius 1 is 1.20 bits per heavy atom. The number of nitrogens with zero attached hydrogens (tertiary/aromatic N) is 3. The molecule has 2 aromatic heterocycles. The first-order valence-electron chi connectivity index (χ1n) is 8.28. The summed E-state index contributed by atoms with van der Waals surface area (Å²) in [6.07, 6.45) is 2.00. The van der Waals surface area contributed by atoms with Gasteiger partial charge in [0.1, 0.15) is 0 Å². The minimum atomic E-state index is -0.285. The van der Waals surface area contributed by atoms with Gasteiger partial charge in [0.2, 0.25) is 17.3 Å². The number of thioether (sulfide) groups is 1. The highest BCUT2D eigenvalue weighted by molar-refractivity contribution is 7.99. The second-order valence-electron chi connectivity index (χ2n) is 5.65. The Kier molecular flexibility index (Phi) is 4.85. The van der Waals surface area contributed by atoms with E-state index >= 15 is 0 Å². The summed E-state index contributed by atoms with van der Waals surface area (Å²) in [5.41, 5.74) is 2.62. The number of thiophene rings is 1. The molecule has 128 valence electrons. The smallest absolute Gasteiger partial charge is 0.247 e. The third kappa shape index (κ3) is 3.48. The van der Waals surface area contributed by atoms with E-state index < -0.39 is 0 Å². The molecular formula is C18H18N4OS2. The summed E-state index contributed by atoms with van der Waals surface area (Å²) in [6.45, 7) is 2.17. The first kappa shape index (κ1) is 16.4. The molecule has 7 heteroatoms. The van der Waals surface area contributed by atoms with Crippen LogP contribution < -0.4 is 10.1 Å². The maximum Gasteiger partial charge on any atom is 0.247 e. The molecular weight excluding hydrogens is 352 g/mol. The Morgan fingerprint density at radius 3 is 2.96 bits per heavy atom. The van der Waals surface area contributed by atoms with Crippen molar-refractivity contribution in [2.24, 2.45) is 0 Å². The molecule has 1 aliphatic heterocycles. The standard InChI is InChI=1S/C18H18N4OS2/c1-2-3-10-25-18-20-17-15(21-22-18)12-7-4-5-8-13(12)19-16(23-17)14-9-6-11-24-14/h4-9,11,16,19H,2-3,10H2,1H3. The summed E-state index contributed by atoms with van der Waals surface area (Å²) in [6, 6.07) is 12.1. The van der Waals surface area contributed by atoms with Crippen LogP contribution >= 0.6 is 23.1 Å². The van der Waals surface area contributed by atoms with Crippen molar-refractivity contribution in [1.82, 2.24) is 15.2 Å². The number of para-hydroxylation sites is 1. The fourth-order valence-corrected chi connectivity index (χ4v) is 4.15. The summed E-state index contributed by atoms with van der Waals surface area (Å²) in [7, 11) is 0. The maximum absolute atomic E-state index is 6.20. The molecule has 1 aromatic carbocycles. The van der Waals surface area contributed by atoms with Gasteiger partial charge in [-0.1, -0.05) is 49.4 Å². The number of fused-ring (bicyclic) bond motifs is 3. The molecule has 0 saturated carbocycles. The minimum Gasteiger partial charge on any atom is -0.447 e. The zero-order valence-electron chi connectivity index (χ0n) is 13.8. The van der Waals surface area contributed by atoms with Crippen LogP contribution in [-0.2, 0) is 0 Å². The van der Waals surface area contributed by atoms with Crippen LogP contribution in [0.5, 0.6) is 5.88 Å². The van der Waals surface area contributed by atoms with E-state index in [1.54, 1.807) is 23.1 Å². The average molecular weight is 371 g/mol. The molecule has 5 nitrogen and oxygen atoms in total. The Balaban J connectivity index is 1.73. The maximum atomic E-state index is 6.20. The van der Waals surface area contributed by atoms with Crippen molar-refractivity contribution in [3.8, 4) is 17.1 Å². The molecule has 0 fully saturated rings. The highest BCUT2D eigenvalue weighted by Crippen LogP contribution is 2.40. The lowest BCUT2D eigenvalue weighted by Gasteiger charge is -2.17. The second kappa shape index (κ2) is 7.41. The van der Waals surface area contributed by atoms with Crippen molar-refractivity contribution in [3.05, 3.63) is 46.7 Å². The molecule has 1 atom stereocenters. The summed E-state index contributed by atoms with van der Waals surface area (Å²) >= 11 is 3.27. The van der Waals surface area contributed by atoms with Gasteiger partial charge in [-0.15, -0.1) is 21.5 Å². The second-order valence-corrected chi connectivity index (χ2v) is 7.69. The largest absolute Gasteiger partial charge is 0.447 e. The Bertz CT molecular complexity index is 854. The first-order chi connectivity index (χ1) is 12.3. The number of nitrogens with one attached hydrogen (secondary N) is 1. The molecule has 3 aromatic rings. The molecule has 0 spiro atoms. The monoisotopic (exact) mass is 370 g/mol. The van der Waals surface area contributed by atoms with Gasteiger partial charge in [0, 0.05) is 17.0 Å². The molecule has 1 N–H and O–H groups in total. The van der Waals surface area contributed by atoms with Crippen LogP contribution in [0.3, 0.4) is 0 Å². The number of ether oxygens (including phenoxy) is 1. The zero-order chi connectivity index (χ0) is 17.1. The molecule has 4 rings (SSSR count). The van der Waals surface area contributed by atoms with Crippen molar-refractivity contribution >= 4 is 28.8 Å². The van der Waals surface area contributed by atoms with Gasteiger partial charge in [-0.05, 0) is 23.9 Å². The van der Waals surface area contributed by atoms with E-state index in [0.29, 0.717) is 16.7 Å². The number of unbranched alkanes of at least 4 members (excludes halogenated alkanes) is 1. The number of rotatable bonds is 5. The van der Waals surface area contributed by atoms with Crippen LogP contribution in [-0.4, -0.2) is 20.9 Å². The quantitative estimate of drug-likeness (QED) is 0.504. The lowest BCUT2D eigenvalue weighted by Crippen LogP contribution is -2.15. The molecule has 0 saturated heterocycles. The van der Waals surface area contributed by atoms with E-state index in [2.05, 4.69) is 33.5 Å². The summed E-state index contributed by atoms with van der Waals surface area (Å²) in [5, 5.41) is 14.9. The Labute approximate surface area is 154 Å². The van der Waals surface area contributed by atoms with Crippen LogP contribution in [0, 0.1) is 0 Å². The van der Waals surface area contributed by atoms with Crippen LogP contribution in [0.4, 0.5) is 5.69 Å². The minimum absolute atomic E-state index is 0.285. The third-order valence-electron chi connectivity index (χ3n) is 3.86. The normalized spacial score (nSPS) is 15.5. The zero-order valence-corrected chi connectivity index (χ0v) is 15.4. The Morgan fingerprint density at radius 2 is 2.12 bits per heavy atom. The van der Waals surface area contributed by atoms with E-state index in [0.717, 1.165) is 34.7 Å². The van der Waals surface area contributed by atoms with Crippen LogP contribution in [0.25, 0.3) is 11.3 Å². The van der Waals surface area contributed by atoms with E-state index in [1.807, 2.05) is 35.7 Å². The summed E-state index contributed by atoms with van der Waals surface area (Å²) < 4.78 is 6.20. The van der Waals surface area contributed by atoms with Crippen LogP contribution in [0.2, 0.25) is 0 Å². The van der Waals surface area contributed by atoms with Crippen molar-refractivity contribution in [1.29, 1.82) is 0 Å². The SMILES string of the molecule is CCCCSc1nnc2c(n1)OC(c1cccs1)Nc1ccccc1-2. The van der Waals surface area contributed by atoms with Gasteiger partial charge in [-0.25, -0.2) is 0 Å². The van der Waals surface area contributed by atoms with E-state index in [4.69, 9.17) is 4.74 Å².